The Balaban J connectivity index is 1.75. The molecule has 130 valence electrons. The number of hydrogen-bond acceptors (Lipinski definition) is 5. The van der Waals surface area contributed by atoms with Crippen molar-refractivity contribution < 1.29 is 4.79 Å². The van der Waals surface area contributed by atoms with Gasteiger partial charge in [0, 0.05) is 43.9 Å². The fraction of sp³-hybridized carbons (Fsp3) is 0.765. The summed E-state index contributed by atoms with van der Waals surface area (Å²) < 4.78 is 0. The van der Waals surface area contributed by atoms with Crippen LogP contribution in [0.1, 0.15) is 43.3 Å². The Kier molecular flexibility index (Phi) is 6.56. The number of rotatable bonds is 7. The topological polar surface area (TPSA) is 39.7 Å². The van der Waals surface area contributed by atoms with Gasteiger partial charge in [-0.2, -0.15) is 0 Å². The summed E-state index contributed by atoms with van der Waals surface area (Å²) in [7, 11) is 6.17. The van der Waals surface area contributed by atoms with Crippen LogP contribution in [0.2, 0.25) is 0 Å². The Morgan fingerprint density at radius 2 is 2.22 bits per heavy atom. The minimum atomic E-state index is 0.197. The molecule has 0 aromatic carbocycles. The van der Waals surface area contributed by atoms with Crippen molar-refractivity contribution in [2.24, 2.45) is 0 Å². The van der Waals surface area contributed by atoms with Crippen molar-refractivity contribution in [2.75, 3.05) is 40.8 Å². The molecule has 1 atom stereocenters. The van der Waals surface area contributed by atoms with Gasteiger partial charge >= 0.3 is 0 Å². The van der Waals surface area contributed by atoms with Gasteiger partial charge in [-0.15, -0.1) is 11.3 Å². The van der Waals surface area contributed by atoms with Gasteiger partial charge in [-0.05, 0) is 27.1 Å². The number of aromatic nitrogens is 1. The first-order chi connectivity index (χ1) is 10.9. The molecule has 0 aliphatic carbocycles. The van der Waals surface area contributed by atoms with Crippen LogP contribution in [-0.4, -0.2) is 72.4 Å². The third kappa shape index (κ3) is 5.26. The average Bonchev–Trinajstić information content (AvgIpc) is 3.13. The number of likely N-dealkylation sites (tertiary alicyclic amines) is 1. The Morgan fingerprint density at radius 1 is 1.48 bits per heavy atom. The maximum atomic E-state index is 12.3. The molecule has 1 amide bonds. The Morgan fingerprint density at radius 3 is 2.78 bits per heavy atom. The zero-order chi connectivity index (χ0) is 17.0. The highest BCUT2D eigenvalue weighted by molar-refractivity contribution is 7.09. The predicted octanol–water partition coefficient (Wildman–Crippen LogP) is 2.25. The van der Waals surface area contributed by atoms with Gasteiger partial charge in [0.1, 0.15) is 0 Å². The second-order valence-electron chi connectivity index (χ2n) is 7.02. The molecule has 23 heavy (non-hydrogen) atoms. The molecular formula is C17H30N4OS. The number of hydrogen-bond donors (Lipinski definition) is 0. The van der Waals surface area contributed by atoms with Crippen molar-refractivity contribution in [1.29, 1.82) is 0 Å². The first-order valence-corrected chi connectivity index (χ1v) is 9.31. The van der Waals surface area contributed by atoms with E-state index in [-0.39, 0.29) is 5.91 Å². The summed E-state index contributed by atoms with van der Waals surface area (Å²) in [6, 6.07) is 0.588. The van der Waals surface area contributed by atoms with Gasteiger partial charge in [0.25, 0.3) is 0 Å². The van der Waals surface area contributed by atoms with E-state index in [1.807, 2.05) is 7.05 Å². The van der Waals surface area contributed by atoms with E-state index in [1.54, 1.807) is 16.2 Å². The lowest BCUT2D eigenvalue weighted by Gasteiger charge is -2.25. The van der Waals surface area contributed by atoms with Crippen molar-refractivity contribution in [2.45, 2.75) is 45.2 Å². The van der Waals surface area contributed by atoms with Crippen LogP contribution in [0.3, 0.4) is 0 Å². The second kappa shape index (κ2) is 8.22. The number of thiazole rings is 1. The Labute approximate surface area is 144 Å². The molecule has 1 aromatic heterocycles. The molecule has 0 bridgehead atoms. The lowest BCUT2D eigenvalue weighted by Crippen LogP contribution is -2.37. The highest BCUT2D eigenvalue weighted by Crippen LogP contribution is 2.20. The number of amides is 1. The molecule has 1 aliphatic rings. The minimum Gasteiger partial charge on any atom is -0.340 e. The first-order valence-electron chi connectivity index (χ1n) is 8.44. The van der Waals surface area contributed by atoms with Crippen molar-refractivity contribution >= 4 is 17.2 Å². The fourth-order valence-electron chi connectivity index (χ4n) is 2.91. The molecule has 0 unspecified atom stereocenters. The monoisotopic (exact) mass is 338 g/mol. The average molecular weight is 339 g/mol. The summed E-state index contributed by atoms with van der Waals surface area (Å²) >= 11 is 1.68. The summed E-state index contributed by atoms with van der Waals surface area (Å²) in [6.45, 7) is 8.00. The van der Waals surface area contributed by atoms with Crippen LogP contribution < -0.4 is 0 Å². The predicted molar refractivity (Wildman–Crippen MR) is 95.8 cm³/mol. The van der Waals surface area contributed by atoms with E-state index in [2.05, 4.69) is 48.1 Å². The van der Waals surface area contributed by atoms with Crippen molar-refractivity contribution in [3.05, 3.63) is 16.1 Å². The van der Waals surface area contributed by atoms with Gasteiger partial charge in [0.05, 0.1) is 17.2 Å². The summed E-state index contributed by atoms with van der Waals surface area (Å²) in [4.78, 5) is 23.4. The molecular weight excluding hydrogens is 308 g/mol. The van der Waals surface area contributed by atoms with Gasteiger partial charge in [0.15, 0.2) is 0 Å². The molecule has 0 radical (unpaired) electrons. The smallest absolute Gasteiger partial charge is 0.223 e. The summed E-state index contributed by atoms with van der Waals surface area (Å²) in [6.07, 6.45) is 1.78. The normalized spacial score (nSPS) is 19.0. The van der Waals surface area contributed by atoms with E-state index in [0.717, 1.165) is 30.3 Å². The summed E-state index contributed by atoms with van der Waals surface area (Å²) in [5.74, 6) is 0.648. The van der Waals surface area contributed by atoms with Gasteiger partial charge in [0.2, 0.25) is 5.91 Å². The molecule has 1 saturated heterocycles. The molecule has 2 rings (SSSR count). The highest BCUT2D eigenvalue weighted by Gasteiger charge is 2.23. The second-order valence-corrected chi connectivity index (χ2v) is 7.91. The highest BCUT2D eigenvalue weighted by atomic mass is 32.1. The number of carbonyl (C=O) groups excluding carboxylic acids is 1. The maximum Gasteiger partial charge on any atom is 0.223 e. The molecule has 1 aromatic rings. The summed E-state index contributed by atoms with van der Waals surface area (Å²) in [5.41, 5.74) is 1.00. The van der Waals surface area contributed by atoms with Gasteiger partial charge < -0.3 is 14.7 Å². The zero-order valence-electron chi connectivity index (χ0n) is 15.1. The molecule has 2 heterocycles. The molecule has 0 saturated carbocycles. The standard InChI is InChI=1S/C17H30N4OS/c1-13(2)17-18-14(12-23-17)10-21(5)16(22)7-9-20(4)15-6-8-19(3)11-15/h12-13,15H,6-11H2,1-5H3/t15-/m1/s1. The van der Waals surface area contributed by atoms with Crippen LogP contribution in [-0.2, 0) is 11.3 Å². The molecule has 1 fully saturated rings. The third-order valence-electron chi connectivity index (χ3n) is 4.56. The van der Waals surface area contributed by atoms with Crippen molar-refractivity contribution in [1.82, 2.24) is 19.7 Å². The molecule has 0 N–H and O–H groups in total. The molecule has 1 aliphatic heterocycles. The van der Waals surface area contributed by atoms with Gasteiger partial charge in [-0.1, -0.05) is 13.8 Å². The fourth-order valence-corrected chi connectivity index (χ4v) is 3.73. The van der Waals surface area contributed by atoms with E-state index in [9.17, 15) is 4.79 Å². The van der Waals surface area contributed by atoms with Gasteiger partial charge in [-0.25, -0.2) is 4.98 Å². The lowest BCUT2D eigenvalue weighted by atomic mass is 10.2. The first kappa shape index (κ1) is 18.4. The molecule has 6 heteroatoms. The van der Waals surface area contributed by atoms with E-state index in [1.165, 1.54) is 6.42 Å². The number of nitrogens with zero attached hydrogens (tertiary/aromatic N) is 4. The van der Waals surface area contributed by atoms with Crippen LogP contribution in [0.15, 0.2) is 5.38 Å². The quantitative estimate of drug-likeness (QED) is 0.764. The van der Waals surface area contributed by atoms with Crippen LogP contribution in [0, 0.1) is 0 Å². The van der Waals surface area contributed by atoms with E-state index < -0.39 is 0 Å². The zero-order valence-corrected chi connectivity index (χ0v) is 15.9. The van der Waals surface area contributed by atoms with Crippen molar-refractivity contribution in [3.63, 3.8) is 0 Å². The number of likely N-dealkylation sites (N-methyl/N-ethyl adjacent to an activating group) is 2. The largest absolute Gasteiger partial charge is 0.340 e. The Hall–Kier alpha value is -0.980. The minimum absolute atomic E-state index is 0.197. The van der Waals surface area contributed by atoms with Crippen LogP contribution in [0.4, 0.5) is 0 Å². The SMILES string of the molecule is CC(C)c1nc(CN(C)C(=O)CCN(C)[C@@H]2CCN(C)C2)cs1. The van der Waals surface area contributed by atoms with Crippen LogP contribution in [0.5, 0.6) is 0 Å². The lowest BCUT2D eigenvalue weighted by molar-refractivity contribution is -0.130. The van der Waals surface area contributed by atoms with Crippen LogP contribution >= 0.6 is 11.3 Å². The van der Waals surface area contributed by atoms with Crippen molar-refractivity contribution in [3.8, 4) is 0 Å². The van der Waals surface area contributed by atoms with E-state index >= 15 is 0 Å². The third-order valence-corrected chi connectivity index (χ3v) is 5.75. The van der Waals surface area contributed by atoms with E-state index in [0.29, 0.717) is 24.9 Å². The molecule has 5 nitrogen and oxygen atoms in total. The van der Waals surface area contributed by atoms with Gasteiger partial charge in [-0.3, -0.25) is 4.79 Å². The maximum absolute atomic E-state index is 12.3. The summed E-state index contributed by atoms with van der Waals surface area (Å²) in [5, 5.41) is 3.21. The Bertz CT molecular complexity index is 516. The number of carbonyl (C=O) groups is 1. The molecule has 0 spiro atoms. The van der Waals surface area contributed by atoms with E-state index in [4.69, 9.17) is 0 Å². The van der Waals surface area contributed by atoms with Crippen LogP contribution in [0.25, 0.3) is 0 Å².